The van der Waals surface area contributed by atoms with Crippen LogP contribution in [-0.2, 0) is 0 Å². The maximum atomic E-state index is 5.12. The van der Waals surface area contributed by atoms with Crippen molar-refractivity contribution in [1.29, 1.82) is 0 Å². The molecule has 1 saturated carbocycles. The average Bonchev–Trinajstić information content (AvgIpc) is 2.75. The third kappa shape index (κ3) is 4.65. The summed E-state index contributed by atoms with van der Waals surface area (Å²) in [6.07, 6.45) is 6.58. The molecule has 1 fully saturated rings. The van der Waals surface area contributed by atoms with Crippen LogP contribution in [0.4, 0.5) is 0 Å². The molecule has 2 N–H and O–H groups in total. The van der Waals surface area contributed by atoms with Crippen molar-refractivity contribution in [2.75, 3.05) is 0 Å². The van der Waals surface area contributed by atoms with Gasteiger partial charge >= 0.3 is 0 Å². The van der Waals surface area contributed by atoms with E-state index in [1.54, 1.807) is 0 Å². The van der Waals surface area contributed by atoms with Gasteiger partial charge in [0.05, 0.1) is 12.4 Å². The predicted octanol–water partition coefficient (Wildman–Crippen LogP) is 2.60. The van der Waals surface area contributed by atoms with Crippen molar-refractivity contribution in [1.82, 2.24) is 0 Å². The topological polar surface area (TPSA) is 38.4 Å². The summed E-state index contributed by atoms with van der Waals surface area (Å²) in [5, 5.41) is 0. The SMILES string of the molecule is NC=NC1CCCC1.c1ccccc1. The van der Waals surface area contributed by atoms with Crippen molar-refractivity contribution in [2.24, 2.45) is 10.7 Å². The Hall–Kier alpha value is -1.31. The number of hydrogen-bond acceptors (Lipinski definition) is 1. The van der Waals surface area contributed by atoms with E-state index in [1.807, 2.05) is 36.4 Å². The fraction of sp³-hybridized carbons (Fsp3) is 0.417. The molecule has 2 heteroatoms. The number of benzene rings is 1. The predicted molar refractivity (Wildman–Crippen MR) is 61.4 cm³/mol. The molecule has 14 heavy (non-hydrogen) atoms. The second-order valence-corrected chi connectivity index (χ2v) is 3.39. The lowest BCUT2D eigenvalue weighted by Gasteiger charge is -1.96. The summed E-state index contributed by atoms with van der Waals surface area (Å²) < 4.78 is 0. The Bertz CT molecular complexity index is 211. The van der Waals surface area contributed by atoms with Crippen molar-refractivity contribution in [3.8, 4) is 0 Å². The molecule has 0 aliphatic heterocycles. The molecule has 0 heterocycles. The molecule has 0 saturated heterocycles. The number of aliphatic imine (C=N–C) groups is 1. The first kappa shape index (κ1) is 10.8. The maximum Gasteiger partial charge on any atom is 0.0801 e. The van der Waals surface area contributed by atoms with Crippen LogP contribution in [0.15, 0.2) is 41.4 Å². The van der Waals surface area contributed by atoms with Crippen LogP contribution in [0, 0.1) is 0 Å². The lowest BCUT2D eigenvalue weighted by molar-refractivity contribution is 0.709. The van der Waals surface area contributed by atoms with Gasteiger partial charge in [-0.05, 0) is 12.8 Å². The van der Waals surface area contributed by atoms with Crippen molar-refractivity contribution in [3.05, 3.63) is 36.4 Å². The molecule has 0 amide bonds. The number of rotatable bonds is 1. The first-order valence-electron chi connectivity index (χ1n) is 5.17. The Morgan fingerprint density at radius 2 is 1.36 bits per heavy atom. The summed E-state index contributed by atoms with van der Waals surface area (Å²) in [4.78, 5) is 4.08. The number of nitrogens with two attached hydrogens (primary N) is 1. The first-order chi connectivity index (χ1) is 6.93. The molecule has 0 radical (unpaired) electrons. The van der Waals surface area contributed by atoms with Crippen LogP contribution in [0.25, 0.3) is 0 Å². The third-order valence-electron chi connectivity index (χ3n) is 2.29. The molecule has 1 aliphatic rings. The van der Waals surface area contributed by atoms with Gasteiger partial charge in [0.2, 0.25) is 0 Å². The fourth-order valence-corrected chi connectivity index (χ4v) is 1.56. The van der Waals surface area contributed by atoms with Gasteiger partial charge in [0, 0.05) is 0 Å². The van der Waals surface area contributed by atoms with Crippen LogP contribution in [-0.4, -0.2) is 12.4 Å². The zero-order valence-electron chi connectivity index (χ0n) is 8.47. The second-order valence-electron chi connectivity index (χ2n) is 3.39. The molecule has 76 valence electrons. The van der Waals surface area contributed by atoms with Gasteiger partial charge in [-0.2, -0.15) is 0 Å². The molecule has 0 atom stereocenters. The molecule has 2 nitrogen and oxygen atoms in total. The summed E-state index contributed by atoms with van der Waals surface area (Å²) in [7, 11) is 0. The Balaban J connectivity index is 0.000000146. The highest BCUT2D eigenvalue weighted by Crippen LogP contribution is 2.19. The zero-order valence-corrected chi connectivity index (χ0v) is 8.47. The van der Waals surface area contributed by atoms with Crippen LogP contribution in [0.2, 0.25) is 0 Å². The Morgan fingerprint density at radius 1 is 0.929 bits per heavy atom. The largest absolute Gasteiger partial charge is 0.390 e. The number of hydrogen-bond donors (Lipinski definition) is 1. The molecule has 1 aliphatic carbocycles. The van der Waals surface area contributed by atoms with E-state index >= 15 is 0 Å². The minimum atomic E-state index is 0.556. The van der Waals surface area contributed by atoms with Gasteiger partial charge in [-0.1, -0.05) is 49.2 Å². The van der Waals surface area contributed by atoms with Crippen LogP contribution < -0.4 is 5.73 Å². The normalized spacial score (nSPS) is 16.6. The minimum absolute atomic E-state index is 0.556. The number of nitrogens with zero attached hydrogens (tertiary/aromatic N) is 1. The first-order valence-corrected chi connectivity index (χ1v) is 5.17. The van der Waals surface area contributed by atoms with E-state index < -0.39 is 0 Å². The molecule has 1 aromatic carbocycles. The molecule has 0 unspecified atom stereocenters. The van der Waals surface area contributed by atoms with E-state index in [4.69, 9.17) is 5.73 Å². The highest BCUT2D eigenvalue weighted by molar-refractivity contribution is 5.51. The van der Waals surface area contributed by atoms with E-state index in [-0.39, 0.29) is 0 Å². The molecule has 0 spiro atoms. The monoisotopic (exact) mass is 190 g/mol. The quantitative estimate of drug-likeness (QED) is 0.536. The second kappa shape index (κ2) is 7.13. The van der Waals surface area contributed by atoms with Gasteiger partial charge in [0.15, 0.2) is 0 Å². The van der Waals surface area contributed by atoms with Crippen LogP contribution in [0.5, 0.6) is 0 Å². The van der Waals surface area contributed by atoms with E-state index in [9.17, 15) is 0 Å². The van der Waals surface area contributed by atoms with Gasteiger partial charge in [-0.15, -0.1) is 0 Å². The van der Waals surface area contributed by atoms with E-state index in [1.165, 1.54) is 32.0 Å². The highest BCUT2D eigenvalue weighted by Gasteiger charge is 2.11. The Kier molecular flexibility index (Phi) is 5.48. The minimum Gasteiger partial charge on any atom is -0.390 e. The van der Waals surface area contributed by atoms with E-state index in [0.29, 0.717) is 6.04 Å². The summed E-state index contributed by atoms with van der Waals surface area (Å²) in [5.74, 6) is 0. The van der Waals surface area contributed by atoms with Crippen molar-refractivity contribution >= 4 is 6.34 Å². The van der Waals surface area contributed by atoms with Gasteiger partial charge in [0.1, 0.15) is 0 Å². The standard InChI is InChI=1S/C6H12N2.C6H6/c7-5-8-6-3-1-2-4-6;1-2-4-6-5-3-1/h5-6H,1-4H2,(H2,7,8);1-6H. The molecular formula is C12H18N2. The Morgan fingerprint density at radius 3 is 1.71 bits per heavy atom. The van der Waals surface area contributed by atoms with Crippen molar-refractivity contribution in [2.45, 2.75) is 31.7 Å². The molecule has 2 rings (SSSR count). The van der Waals surface area contributed by atoms with Gasteiger partial charge in [-0.25, -0.2) is 0 Å². The van der Waals surface area contributed by atoms with Gasteiger partial charge in [0.25, 0.3) is 0 Å². The van der Waals surface area contributed by atoms with Gasteiger partial charge in [-0.3, -0.25) is 4.99 Å². The fourth-order valence-electron chi connectivity index (χ4n) is 1.56. The Labute approximate surface area is 85.9 Å². The van der Waals surface area contributed by atoms with E-state index in [2.05, 4.69) is 4.99 Å². The summed E-state index contributed by atoms with van der Waals surface area (Å²) in [5.41, 5.74) is 5.12. The smallest absolute Gasteiger partial charge is 0.0801 e. The molecule has 0 aromatic heterocycles. The third-order valence-corrected chi connectivity index (χ3v) is 2.29. The lowest BCUT2D eigenvalue weighted by Crippen LogP contribution is -1.99. The molecule has 0 bridgehead atoms. The van der Waals surface area contributed by atoms with Crippen LogP contribution in [0.1, 0.15) is 25.7 Å². The average molecular weight is 190 g/mol. The summed E-state index contributed by atoms with van der Waals surface area (Å²) >= 11 is 0. The summed E-state index contributed by atoms with van der Waals surface area (Å²) in [6.45, 7) is 0. The highest BCUT2D eigenvalue weighted by atomic mass is 14.8. The van der Waals surface area contributed by atoms with Crippen molar-refractivity contribution < 1.29 is 0 Å². The van der Waals surface area contributed by atoms with Gasteiger partial charge < -0.3 is 5.73 Å². The molecular weight excluding hydrogens is 172 g/mol. The van der Waals surface area contributed by atoms with Crippen molar-refractivity contribution in [3.63, 3.8) is 0 Å². The molecule has 1 aromatic rings. The summed E-state index contributed by atoms with van der Waals surface area (Å²) in [6, 6.07) is 12.6. The van der Waals surface area contributed by atoms with E-state index in [0.717, 1.165) is 0 Å². The lowest BCUT2D eigenvalue weighted by atomic mass is 10.3. The zero-order chi connectivity index (χ0) is 10.1. The maximum absolute atomic E-state index is 5.12. The van der Waals surface area contributed by atoms with Crippen LogP contribution in [0.3, 0.4) is 0 Å². The van der Waals surface area contributed by atoms with Crippen LogP contribution >= 0.6 is 0 Å².